The summed E-state index contributed by atoms with van der Waals surface area (Å²) in [7, 11) is 0. The van der Waals surface area contributed by atoms with Gasteiger partial charge in [0.15, 0.2) is 0 Å². The van der Waals surface area contributed by atoms with Crippen molar-refractivity contribution in [3.63, 3.8) is 0 Å². The van der Waals surface area contributed by atoms with Gasteiger partial charge in [0.2, 0.25) is 5.91 Å². The SMILES string of the molecule is CC(CCc1ccc(F)cc1)C(=O)N1CCNCC1. The number of carbonyl (C=O) groups excluding carboxylic acids is 1. The first-order valence-electron chi connectivity index (χ1n) is 6.91. The van der Waals surface area contributed by atoms with Gasteiger partial charge in [0, 0.05) is 32.1 Å². The summed E-state index contributed by atoms with van der Waals surface area (Å²) in [6, 6.07) is 6.52. The Morgan fingerprint density at radius 3 is 2.58 bits per heavy atom. The molecule has 1 aliphatic heterocycles. The molecule has 1 aromatic rings. The number of halogens is 1. The highest BCUT2D eigenvalue weighted by atomic mass is 19.1. The number of benzene rings is 1. The zero-order valence-corrected chi connectivity index (χ0v) is 11.4. The molecule has 0 spiro atoms. The van der Waals surface area contributed by atoms with Gasteiger partial charge in [-0.25, -0.2) is 4.39 Å². The summed E-state index contributed by atoms with van der Waals surface area (Å²) in [5, 5.41) is 3.24. The van der Waals surface area contributed by atoms with Gasteiger partial charge in [-0.2, -0.15) is 0 Å². The molecule has 104 valence electrons. The minimum absolute atomic E-state index is 0.0307. The largest absolute Gasteiger partial charge is 0.340 e. The smallest absolute Gasteiger partial charge is 0.225 e. The fraction of sp³-hybridized carbons (Fsp3) is 0.533. The van der Waals surface area contributed by atoms with Gasteiger partial charge in [0.25, 0.3) is 0 Å². The maximum absolute atomic E-state index is 12.8. The molecular weight excluding hydrogens is 243 g/mol. The number of hydrogen-bond acceptors (Lipinski definition) is 2. The van der Waals surface area contributed by atoms with Gasteiger partial charge in [-0.05, 0) is 30.5 Å². The maximum Gasteiger partial charge on any atom is 0.225 e. The number of carbonyl (C=O) groups is 1. The van der Waals surface area contributed by atoms with Gasteiger partial charge < -0.3 is 10.2 Å². The summed E-state index contributed by atoms with van der Waals surface area (Å²) >= 11 is 0. The fourth-order valence-electron chi connectivity index (χ4n) is 2.35. The molecule has 0 radical (unpaired) electrons. The molecule has 0 bridgehead atoms. The first-order chi connectivity index (χ1) is 9.16. The van der Waals surface area contributed by atoms with E-state index in [0.29, 0.717) is 0 Å². The number of aryl methyl sites for hydroxylation is 1. The third-order valence-electron chi connectivity index (χ3n) is 3.63. The van der Waals surface area contributed by atoms with Gasteiger partial charge in [-0.3, -0.25) is 4.79 Å². The van der Waals surface area contributed by atoms with E-state index in [9.17, 15) is 9.18 Å². The molecule has 1 N–H and O–H groups in total. The first-order valence-corrected chi connectivity index (χ1v) is 6.91. The molecule has 0 saturated carbocycles. The number of amides is 1. The molecule has 1 amide bonds. The van der Waals surface area contributed by atoms with Crippen molar-refractivity contribution in [2.24, 2.45) is 5.92 Å². The second-order valence-corrected chi connectivity index (χ2v) is 5.14. The van der Waals surface area contributed by atoms with Crippen molar-refractivity contribution in [3.05, 3.63) is 35.6 Å². The van der Waals surface area contributed by atoms with Gasteiger partial charge in [-0.15, -0.1) is 0 Å². The standard InChI is InChI=1S/C15H21FN2O/c1-12(15(19)18-10-8-17-9-11-18)2-3-13-4-6-14(16)7-5-13/h4-7,12,17H,2-3,8-11H2,1H3. The second kappa shape index (κ2) is 6.66. The summed E-state index contributed by atoms with van der Waals surface area (Å²) in [5.41, 5.74) is 1.08. The molecule has 19 heavy (non-hydrogen) atoms. The molecule has 1 saturated heterocycles. The van der Waals surface area contributed by atoms with E-state index in [0.717, 1.165) is 44.6 Å². The summed E-state index contributed by atoms with van der Waals surface area (Å²) < 4.78 is 12.8. The quantitative estimate of drug-likeness (QED) is 0.900. The van der Waals surface area contributed by atoms with Crippen LogP contribution in [0.3, 0.4) is 0 Å². The number of piperazine rings is 1. The van der Waals surface area contributed by atoms with E-state index in [1.165, 1.54) is 12.1 Å². The van der Waals surface area contributed by atoms with E-state index in [1.807, 2.05) is 11.8 Å². The van der Waals surface area contributed by atoms with Crippen molar-refractivity contribution < 1.29 is 9.18 Å². The maximum atomic E-state index is 12.8. The number of rotatable bonds is 4. The first kappa shape index (κ1) is 14.0. The van der Waals surface area contributed by atoms with Crippen molar-refractivity contribution >= 4 is 5.91 Å². The van der Waals surface area contributed by atoms with Crippen LogP contribution in [0.15, 0.2) is 24.3 Å². The van der Waals surface area contributed by atoms with Crippen molar-refractivity contribution in [1.29, 1.82) is 0 Å². The monoisotopic (exact) mass is 264 g/mol. The lowest BCUT2D eigenvalue weighted by atomic mass is 9.99. The van der Waals surface area contributed by atoms with Crippen LogP contribution in [0.5, 0.6) is 0 Å². The number of nitrogens with zero attached hydrogens (tertiary/aromatic N) is 1. The van der Waals surface area contributed by atoms with Crippen LogP contribution >= 0.6 is 0 Å². The summed E-state index contributed by atoms with van der Waals surface area (Å²) in [4.78, 5) is 14.1. The van der Waals surface area contributed by atoms with Crippen LogP contribution in [0, 0.1) is 11.7 Å². The van der Waals surface area contributed by atoms with Crippen LogP contribution in [0.1, 0.15) is 18.9 Å². The highest BCUT2D eigenvalue weighted by Gasteiger charge is 2.21. The Labute approximate surface area is 113 Å². The Hall–Kier alpha value is -1.42. The molecule has 1 aliphatic rings. The minimum atomic E-state index is -0.214. The molecule has 1 atom stereocenters. The zero-order valence-electron chi connectivity index (χ0n) is 11.4. The normalized spacial score (nSPS) is 17.3. The van der Waals surface area contributed by atoms with Crippen molar-refractivity contribution in [2.75, 3.05) is 26.2 Å². The molecule has 1 aromatic carbocycles. The van der Waals surface area contributed by atoms with E-state index < -0.39 is 0 Å². The van der Waals surface area contributed by atoms with Crippen molar-refractivity contribution in [3.8, 4) is 0 Å². The zero-order chi connectivity index (χ0) is 13.7. The summed E-state index contributed by atoms with van der Waals surface area (Å²) in [6.07, 6.45) is 1.63. The lowest BCUT2D eigenvalue weighted by molar-refractivity contribution is -0.135. The Balaban J connectivity index is 1.81. The van der Waals surface area contributed by atoms with E-state index in [4.69, 9.17) is 0 Å². The molecule has 3 nitrogen and oxygen atoms in total. The molecule has 4 heteroatoms. The van der Waals surface area contributed by atoms with E-state index >= 15 is 0 Å². The second-order valence-electron chi connectivity index (χ2n) is 5.14. The van der Waals surface area contributed by atoms with E-state index in [-0.39, 0.29) is 17.6 Å². The molecule has 0 aliphatic carbocycles. The Morgan fingerprint density at radius 2 is 1.95 bits per heavy atom. The Bertz CT molecular complexity index is 413. The average molecular weight is 264 g/mol. The lowest BCUT2D eigenvalue weighted by Gasteiger charge is -2.29. The van der Waals surface area contributed by atoms with Gasteiger partial charge in [-0.1, -0.05) is 19.1 Å². The minimum Gasteiger partial charge on any atom is -0.340 e. The van der Waals surface area contributed by atoms with Crippen LogP contribution < -0.4 is 5.32 Å². The molecule has 2 rings (SSSR count). The fourth-order valence-corrected chi connectivity index (χ4v) is 2.35. The number of hydrogen-bond donors (Lipinski definition) is 1. The van der Waals surface area contributed by atoms with Crippen LogP contribution in [-0.2, 0) is 11.2 Å². The molecule has 1 unspecified atom stereocenters. The van der Waals surface area contributed by atoms with Crippen LogP contribution in [0.4, 0.5) is 4.39 Å². The highest BCUT2D eigenvalue weighted by molar-refractivity contribution is 5.78. The predicted octanol–water partition coefficient (Wildman–Crippen LogP) is 1.83. The van der Waals surface area contributed by atoms with Gasteiger partial charge in [0.1, 0.15) is 5.82 Å². The van der Waals surface area contributed by atoms with Crippen molar-refractivity contribution in [2.45, 2.75) is 19.8 Å². The lowest BCUT2D eigenvalue weighted by Crippen LogP contribution is -2.48. The van der Waals surface area contributed by atoms with E-state index in [1.54, 1.807) is 12.1 Å². The van der Waals surface area contributed by atoms with Crippen LogP contribution in [-0.4, -0.2) is 37.0 Å². The summed E-state index contributed by atoms with van der Waals surface area (Å²) in [6.45, 7) is 5.36. The average Bonchev–Trinajstić information content (AvgIpc) is 2.46. The molecular formula is C15H21FN2O. The third-order valence-corrected chi connectivity index (χ3v) is 3.63. The van der Waals surface area contributed by atoms with Crippen molar-refractivity contribution in [1.82, 2.24) is 10.2 Å². The molecule has 1 fully saturated rings. The highest BCUT2D eigenvalue weighted by Crippen LogP contribution is 2.13. The Morgan fingerprint density at radius 1 is 1.32 bits per heavy atom. The van der Waals surface area contributed by atoms with Gasteiger partial charge in [0.05, 0.1) is 0 Å². The topological polar surface area (TPSA) is 32.3 Å². The Kier molecular flexibility index (Phi) is 4.91. The summed E-state index contributed by atoms with van der Waals surface area (Å²) in [5.74, 6) is 0.0560. The predicted molar refractivity (Wildman–Crippen MR) is 73.3 cm³/mol. The third kappa shape index (κ3) is 4.03. The molecule has 0 aromatic heterocycles. The van der Waals surface area contributed by atoms with Crippen LogP contribution in [0.25, 0.3) is 0 Å². The molecule has 1 heterocycles. The van der Waals surface area contributed by atoms with Crippen LogP contribution in [0.2, 0.25) is 0 Å². The van der Waals surface area contributed by atoms with Gasteiger partial charge >= 0.3 is 0 Å². The number of nitrogens with one attached hydrogen (secondary N) is 1. The van der Waals surface area contributed by atoms with E-state index in [2.05, 4.69) is 5.32 Å².